The van der Waals surface area contributed by atoms with Gasteiger partial charge in [0.05, 0.1) is 32.9 Å². The number of amides is 1. The summed E-state index contributed by atoms with van der Waals surface area (Å²) in [6.07, 6.45) is 3.11. The molecule has 1 amide bonds. The summed E-state index contributed by atoms with van der Waals surface area (Å²) in [6.45, 7) is 2.07. The maximum Gasteiger partial charge on any atom is 0.311 e. The molecule has 0 aliphatic carbocycles. The molecular formula is C18H20N2O5S. The zero-order valence-electron chi connectivity index (χ0n) is 14.8. The third-order valence-corrected chi connectivity index (χ3v) is 4.07. The molecule has 0 radical (unpaired) electrons. The smallest absolute Gasteiger partial charge is 0.311 e. The summed E-state index contributed by atoms with van der Waals surface area (Å²) in [5, 5.41) is 4.79. The van der Waals surface area contributed by atoms with Crippen LogP contribution in [0.15, 0.2) is 29.7 Å². The number of hydrogen-bond acceptors (Lipinski definition) is 7. The van der Waals surface area contributed by atoms with E-state index in [0.29, 0.717) is 28.9 Å². The van der Waals surface area contributed by atoms with Crippen LogP contribution < -0.4 is 14.8 Å². The van der Waals surface area contributed by atoms with Crippen LogP contribution in [-0.4, -0.2) is 37.7 Å². The van der Waals surface area contributed by atoms with Crippen molar-refractivity contribution in [1.29, 1.82) is 0 Å². The van der Waals surface area contributed by atoms with E-state index in [4.69, 9.17) is 14.2 Å². The van der Waals surface area contributed by atoms with Crippen molar-refractivity contribution in [2.24, 2.45) is 0 Å². The van der Waals surface area contributed by atoms with Gasteiger partial charge in [0.25, 0.3) is 0 Å². The van der Waals surface area contributed by atoms with Crippen LogP contribution in [0.3, 0.4) is 0 Å². The number of nitrogens with one attached hydrogen (secondary N) is 1. The molecule has 0 aliphatic rings. The maximum atomic E-state index is 12.1. The second-order valence-electron chi connectivity index (χ2n) is 5.06. The lowest BCUT2D eigenvalue weighted by molar-refractivity contribution is -0.142. The Kier molecular flexibility index (Phi) is 7.16. The molecule has 2 rings (SSSR count). The van der Waals surface area contributed by atoms with E-state index >= 15 is 0 Å². The first-order valence-electron chi connectivity index (χ1n) is 7.86. The van der Waals surface area contributed by atoms with Gasteiger partial charge in [0.2, 0.25) is 5.91 Å². The molecular weight excluding hydrogens is 356 g/mol. The highest BCUT2D eigenvalue weighted by Crippen LogP contribution is 2.25. The van der Waals surface area contributed by atoms with Crippen LogP contribution in [0.25, 0.3) is 6.08 Å². The van der Waals surface area contributed by atoms with E-state index < -0.39 is 0 Å². The fourth-order valence-electron chi connectivity index (χ4n) is 2.07. The Bertz CT molecular complexity index is 801. The van der Waals surface area contributed by atoms with Crippen LogP contribution in [0.1, 0.15) is 18.2 Å². The molecule has 1 N–H and O–H groups in total. The molecule has 8 heteroatoms. The topological polar surface area (TPSA) is 86.8 Å². The van der Waals surface area contributed by atoms with Gasteiger partial charge in [0, 0.05) is 23.1 Å². The third kappa shape index (κ3) is 5.59. The second kappa shape index (κ2) is 9.57. The molecule has 0 saturated carbocycles. The normalized spacial score (nSPS) is 10.6. The number of benzene rings is 1. The van der Waals surface area contributed by atoms with E-state index in [1.54, 1.807) is 50.8 Å². The third-order valence-electron chi connectivity index (χ3n) is 3.27. The van der Waals surface area contributed by atoms with Crippen LogP contribution in [0.2, 0.25) is 0 Å². The molecule has 0 bridgehead atoms. The van der Waals surface area contributed by atoms with Crippen molar-refractivity contribution in [2.75, 3.05) is 26.1 Å². The van der Waals surface area contributed by atoms with E-state index in [1.165, 1.54) is 17.4 Å². The molecule has 1 heterocycles. The van der Waals surface area contributed by atoms with Gasteiger partial charge in [-0.25, -0.2) is 4.98 Å². The molecule has 0 saturated heterocycles. The minimum atomic E-state index is -0.345. The molecule has 0 atom stereocenters. The lowest BCUT2D eigenvalue weighted by atomic mass is 10.1. The highest BCUT2D eigenvalue weighted by molar-refractivity contribution is 7.14. The Balaban J connectivity index is 1.97. The van der Waals surface area contributed by atoms with Crippen molar-refractivity contribution in [3.63, 3.8) is 0 Å². The van der Waals surface area contributed by atoms with Crippen LogP contribution in [0, 0.1) is 0 Å². The van der Waals surface area contributed by atoms with Crippen LogP contribution in [0.5, 0.6) is 11.5 Å². The van der Waals surface area contributed by atoms with Crippen molar-refractivity contribution < 1.29 is 23.8 Å². The highest BCUT2D eigenvalue weighted by atomic mass is 32.1. The number of nitrogens with zero attached hydrogens (tertiary/aromatic N) is 1. The number of hydrogen-bond donors (Lipinski definition) is 1. The molecule has 2 aromatic rings. The lowest BCUT2D eigenvalue weighted by Gasteiger charge is -2.07. The number of esters is 1. The van der Waals surface area contributed by atoms with E-state index in [0.717, 1.165) is 5.56 Å². The van der Waals surface area contributed by atoms with Gasteiger partial charge in [-0.15, -0.1) is 11.3 Å². The number of methoxy groups -OCH3 is 2. The molecule has 0 spiro atoms. The summed E-state index contributed by atoms with van der Waals surface area (Å²) in [5.74, 6) is 0.585. The Morgan fingerprint density at radius 1 is 1.27 bits per heavy atom. The molecule has 1 aromatic carbocycles. The summed E-state index contributed by atoms with van der Waals surface area (Å²) < 4.78 is 15.3. The molecule has 0 fully saturated rings. The minimum absolute atomic E-state index is 0.0824. The van der Waals surface area contributed by atoms with Crippen molar-refractivity contribution in [2.45, 2.75) is 13.3 Å². The molecule has 7 nitrogen and oxygen atoms in total. The van der Waals surface area contributed by atoms with E-state index in [2.05, 4.69) is 10.3 Å². The summed E-state index contributed by atoms with van der Waals surface area (Å²) in [7, 11) is 3.12. The standard InChI is InChI=1S/C18H20N2O5S/c1-4-25-17(22)9-13-11-26-18(19-13)20-16(21)8-6-12-5-7-14(23-2)10-15(12)24-3/h5-8,10-11H,4,9H2,1-3H3,(H,19,20,21). The fraction of sp³-hybridized carbons (Fsp3) is 0.278. The first-order chi connectivity index (χ1) is 12.5. The summed E-state index contributed by atoms with van der Waals surface area (Å²) in [6, 6.07) is 5.31. The Hall–Kier alpha value is -2.87. The van der Waals surface area contributed by atoms with Gasteiger partial charge in [0.15, 0.2) is 5.13 Å². The molecule has 1 aromatic heterocycles. The number of anilines is 1. The van der Waals surface area contributed by atoms with Gasteiger partial charge >= 0.3 is 5.97 Å². The van der Waals surface area contributed by atoms with Crippen molar-refractivity contribution in [3.8, 4) is 11.5 Å². The predicted molar refractivity (Wildman–Crippen MR) is 99.7 cm³/mol. The number of carbonyl (C=O) groups is 2. The van der Waals surface area contributed by atoms with E-state index in [-0.39, 0.29) is 18.3 Å². The van der Waals surface area contributed by atoms with Gasteiger partial charge in [-0.3, -0.25) is 14.9 Å². The summed E-state index contributed by atoms with van der Waals surface area (Å²) >= 11 is 1.25. The monoisotopic (exact) mass is 376 g/mol. The SMILES string of the molecule is CCOC(=O)Cc1csc(NC(=O)C=Cc2ccc(OC)cc2OC)n1. The van der Waals surface area contributed by atoms with Crippen molar-refractivity contribution in [1.82, 2.24) is 4.98 Å². The zero-order chi connectivity index (χ0) is 18.9. The number of thiazole rings is 1. The summed E-state index contributed by atoms with van der Waals surface area (Å²) in [5.41, 5.74) is 1.30. The molecule has 138 valence electrons. The van der Waals surface area contributed by atoms with E-state index in [9.17, 15) is 9.59 Å². The first-order valence-corrected chi connectivity index (χ1v) is 8.74. The molecule has 0 unspecified atom stereocenters. The lowest BCUT2D eigenvalue weighted by Crippen LogP contribution is -2.09. The Morgan fingerprint density at radius 3 is 2.77 bits per heavy atom. The quantitative estimate of drug-likeness (QED) is 0.563. The average Bonchev–Trinajstić information content (AvgIpc) is 3.06. The van der Waals surface area contributed by atoms with Gasteiger partial charge in [-0.2, -0.15) is 0 Å². The minimum Gasteiger partial charge on any atom is -0.497 e. The van der Waals surface area contributed by atoms with Gasteiger partial charge in [0.1, 0.15) is 11.5 Å². The fourth-order valence-corrected chi connectivity index (χ4v) is 2.79. The van der Waals surface area contributed by atoms with E-state index in [1.807, 2.05) is 0 Å². The number of aromatic nitrogens is 1. The summed E-state index contributed by atoms with van der Waals surface area (Å²) in [4.78, 5) is 27.7. The van der Waals surface area contributed by atoms with Crippen molar-refractivity contribution >= 4 is 34.4 Å². The Labute approximate surface area is 155 Å². The predicted octanol–water partition coefficient (Wildman–Crippen LogP) is 2.92. The van der Waals surface area contributed by atoms with Crippen LogP contribution >= 0.6 is 11.3 Å². The van der Waals surface area contributed by atoms with Gasteiger partial charge in [-0.05, 0) is 25.1 Å². The van der Waals surface area contributed by atoms with Gasteiger partial charge < -0.3 is 14.2 Å². The largest absolute Gasteiger partial charge is 0.497 e. The number of rotatable bonds is 8. The van der Waals surface area contributed by atoms with Gasteiger partial charge in [-0.1, -0.05) is 0 Å². The second-order valence-corrected chi connectivity index (χ2v) is 5.91. The number of ether oxygens (including phenoxy) is 3. The molecule has 0 aliphatic heterocycles. The van der Waals surface area contributed by atoms with Crippen LogP contribution in [0.4, 0.5) is 5.13 Å². The Morgan fingerprint density at radius 2 is 2.08 bits per heavy atom. The average molecular weight is 376 g/mol. The van der Waals surface area contributed by atoms with Crippen molar-refractivity contribution in [3.05, 3.63) is 40.9 Å². The number of carbonyl (C=O) groups excluding carboxylic acids is 2. The van der Waals surface area contributed by atoms with Crippen LogP contribution in [-0.2, 0) is 20.7 Å². The first kappa shape index (κ1) is 19.5. The zero-order valence-corrected chi connectivity index (χ0v) is 15.6. The molecule has 26 heavy (non-hydrogen) atoms. The maximum absolute atomic E-state index is 12.1. The highest BCUT2D eigenvalue weighted by Gasteiger charge is 2.09.